The Balaban J connectivity index is 2.13. The van der Waals surface area contributed by atoms with E-state index in [1.165, 1.54) is 12.1 Å². The third kappa shape index (κ3) is 4.49. The standard InChI is InChI=1S/C18H19FN2/c1-3-7-14(2)21-17-11-10-16(19)12-18(17)20-13-15-8-5-4-6-9-15/h3-12,20-21H,2,13H2,1H3/b7-3-. The Kier molecular flexibility index (Phi) is 5.16. The summed E-state index contributed by atoms with van der Waals surface area (Å²) < 4.78 is 13.5. The van der Waals surface area contributed by atoms with Crippen molar-refractivity contribution in [3.8, 4) is 0 Å². The molecular weight excluding hydrogens is 263 g/mol. The Morgan fingerprint density at radius 2 is 1.90 bits per heavy atom. The van der Waals surface area contributed by atoms with Crippen LogP contribution in [0.4, 0.5) is 15.8 Å². The highest BCUT2D eigenvalue weighted by molar-refractivity contribution is 5.71. The Bertz CT molecular complexity index is 633. The summed E-state index contributed by atoms with van der Waals surface area (Å²) in [6.07, 6.45) is 3.76. The van der Waals surface area contributed by atoms with Gasteiger partial charge in [0.05, 0.1) is 11.4 Å². The van der Waals surface area contributed by atoms with Crippen molar-refractivity contribution in [2.45, 2.75) is 13.5 Å². The monoisotopic (exact) mass is 282 g/mol. The molecule has 2 aromatic carbocycles. The first-order valence-electron chi connectivity index (χ1n) is 6.85. The van der Waals surface area contributed by atoms with Gasteiger partial charge in [-0.3, -0.25) is 0 Å². The maximum absolute atomic E-state index is 13.5. The molecule has 0 aliphatic carbocycles. The van der Waals surface area contributed by atoms with Gasteiger partial charge in [-0.2, -0.15) is 0 Å². The van der Waals surface area contributed by atoms with Crippen LogP contribution < -0.4 is 10.6 Å². The van der Waals surface area contributed by atoms with Gasteiger partial charge in [-0.05, 0) is 36.8 Å². The zero-order chi connectivity index (χ0) is 15.1. The van der Waals surface area contributed by atoms with Crippen molar-refractivity contribution in [3.63, 3.8) is 0 Å². The lowest BCUT2D eigenvalue weighted by atomic mass is 10.2. The van der Waals surface area contributed by atoms with Crippen molar-refractivity contribution in [2.75, 3.05) is 10.6 Å². The summed E-state index contributed by atoms with van der Waals surface area (Å²) in [7, 11) is 0. The minimum absolute atomic E-state index is 0.271. The van der Waals surface area contributed by atoms with E-state index in [1.54, 1.807) is 6.07 Å². The molecule has 108 valence electrons. The summed E-state index contributed by atoms with van der Waals surface area (Å²) in [5, 5.41) is 6.41. The predicted octanol–water partition coefficient (Wildman–Crippen LogP) is 4.94. The first kappa shape index (κ1) is 14.9. The van der Waals surface area contributed by atoms with Crippen LogP contribution in [0, 0.1) is 5.82 Å². The summed E-state index contributed by atoms with van der Waals surface area (Å²) in [4.78, 5) is 0. The van der Waals surface area contributed by atoms with Crippen molar-refractivity contribution in [3.05, 3.63) is 84.3 Å². The van der Waals surface area contributed by atoms with E-state index in [0.717, 1.165) is 16.9 Å². The molecule has 2 N–H and O–H groups in total. The number of hydrogen-bond acceptors (Lipinski definition) is 2. The molecule has 21 heavy (non-hydrogen) atoms. The van der Waals surface area contributed by atoms with Crippen molar-refractivity contribution in [2.24, 2.45) is 0 Å². The largest absolute Gasteiger partial charge is 0.379 e. The van der Waals surface area contributed by atoms with Gasteiger partial charge >= 0.3 is 0 Å². The Hall–Kier alpha value is -2.55. The van der Waals surface area contributed by atoms with Crippen LogP contribution in [0.5, 0.6) is 0 Å². The molecule has 0 aliphatic rings. The summed E-state index contributed by atoms with van der Waals surface area (Å²) >= 11 is 0. The van der Waals surface area contributed by atoms with Crippen molar-refractivity contribution in [1.29, 1.82) is 0 Å². The van der Waals surface area contributed by atoms with Crippen molar-refractivity contribution in [1.82, 2.24) is 0 Å². The van der Waals surface area contributed by atoms with Gasteiger partial charge in [-0.25, -0.2) is 4.39 Å². The smallest absolute Gasteiger partial charge is 0.125 e. The van der Waals surface area contributed by atoms with Gasteiger partial charge < -0.3 is 10.6 Å². The summed E-state index contributed by atoms with van der Waals surface area (Å²) in [6.45, 7) is 6.46. The van der Waals surface area contributed by atoms with Gasteiger partial charge in [-0.15, -0.1) is 0 Å². The molecule has 0 saturated heterocycles. The third-order valence-electron chi connectivity index (χ3n) is 2.97. The number of anilines is 2. The fraction of sp³-hybridized carbons (Fsp3) is 0.111. The molecule has 3 heteroatoms. The van der Waals surface area contributed by atoms with E-state index in [1.807, 2.05) is 49.4 Å². The van der Waals surface area contributed by atoms with Crippen molar-refractivity contribution < 1.29 is 4.39 Å². The fourth-order valence-corrected chi connectivity index (χ4v) is 1.98. The van der Waals surface area contributed by atoms with Crippen LogP contribution in [-0.4, -0.2) is 0 Å². The van der Waals surface area contributed by atoms with Crippen LogP contribution in [0.3, 0.4) is 0 Å². The van der Waals surface area contributed by atoms with Crippen molar-refractivity contribution >= 4 is 11.4 Å². The second kappa shape index (κ2) is 7.29. The van der Waals surface area contributed by atoms with Crippen LogP contribution >= 0.6 is 0 Å². The van der Waals surface area contributed by atoms with E-state index in [9.17, 15) is 4.39 Å². The van der Waals surface area contributed by atoms with E-state index in [4.69, 9.17) is 0 Å². The summed E-state index contributed by atoms with van der Waals surface area (Å²) in [5.74, 6) is -0.271. The number of rotatable bonds is 6. The number of allylic oxidation sites excluding steroid dienone is 2. The third-order valence-corrected chi connectivity index (χ3v) is 2.97. The molecule has 0 bridgehead atoms. The molecule has 0 saturated carbocycles. The molecular formula is C18H19FN2. The first-order chi connectivity index (χ1) is 10.2. The van der Waals surface area contributed by atoms with Gasteiger partial charge in [0.25, 0.3) is 0 Å². The minimum Gasteiger partial charge on any atom is -0.379 e. The van der Waals surface area contributed by atoms with Crippen LogP contribution in [0.25, 0.3) is 0 Å². The normalized spacial score (nSPS) is 10.6. The van der Waals surface area contributed by atoms with Crippen LogP contribution in [0.1, 0.15) is 12.5 Å². The molecule has 2 rings (SSSR count). The quantitative estimate of drug-likeness (QED) is 0.733. The number of nitrogens with one attached hydrogen (secondary N) is 2. The maximum Gasteiger partial charge on any atom is 0.125 e. The average molecular weight is 282 g/mol. The van der Waals surface area contributed by atoms with E-state index < -0.39 is 0 Å². The highest BCUT2D eigenvalue weighted by Crippen LogP contribution is 2.24. The molecule has 0 fully saturated rings. The van der Waals surface area contributed by atoms with Gasteiger partial charge in [-0.1, -0.05) is 43.0 Å². The van der Waals surface area contributed by atoms with Gasteiger partial charge in [0.1, 0.15) is 5.82 Å². The molecule has 0 unspecified atom stereocenters. The predicted molar refractivity (Wildman–Crippen MR) is 87.7 cm³/mol. The molecule has 0 atom stereocenters. The molecule has 0 amide bonds. The summed E-state index contributed by atoms with van der Waals surface area (Å²) in [5.41, 5.74) is 3.41. The topological polar surface area (TPSA) is 24.1 Å². The van der Waals surface area contributed by atoms with E-state index in [-0.39, 0.29) is 5.82 Å². The lowest BCUT2D eigenvalue weighted by molar-refractivity contribution is 0.628. The SMILES string of the molecule is C=C(/C=C\C)Nc1ccc(F)cc1NCc1ccccc1. The van der Waals surface area contributed by atoms with Crippen LogP contribution in [0.15, 0.2) is 73.0 Å². The average Bonchev–Trinajstić information content (AvgIpc) is 2.49. The zero-order valence-electron chi connectivity index (χ0n) is 12.1. The molecule has 0 heterocycles. The molecule has 2 nitrogen and oxygen atoms in total. The Morgan fingerprint density at radius 1 is 1.14 bits per heavy atom. The second-order valence-electron chi connectivity index (χ2n) is 4.68. The van der Waals surface area contributed by atoms with Crippen LogP contribution in [0.2, 0.25) is 0 Å². The minimum atomic E-state index is -0.271. The lowest BCUT2D eigenvalue weighted by Gasteiger charge is -2.14. The van der Waals surface area contributed by atoms with Gasteiger partial charge in [0.2, 0.25) is 0 Å². The zero-order valence-corrected chi connectivity index (χ0v) is 12.1. The highest BCUT2D eigenvalue weighted by atomic mass is 19.1. The number of halogens is 1. The van der Waals surface area contributed by atoms with Gasteiger partial charge in [0, 0.05) is 12.2 Å². The Labute approximate surface area is 125 Å². The summed E-state index contributed by atoms with van der Waals surface area (Å²) in [6, 6.07) is 14.6. The maximum atomic E-state index is 13.5. The molecule has 0 radical (unpaired) electrons. The first-order valence-corrected chi connectivity index (χ1v) is 6.85. The van der Waals surface area contributed by atoms with Gasteiger partial charge in [0.15, 0.2) is 0 Å². The molecule has 2 aromatic rings. The number of benzene rings is 2. The highest BCUT2D eigenvalue weighted by Gasteiger charge is 2.04. The molecule has 0 spiro atoms. The second-order valence-corrected chi connectivity index (χ2v) is 4.68. The van der Waals surface area contributed by atoms with E-state index in [2.05, 4.69) is 17.2 Å². The van der Waals surface area contributed by atoms with Crippen LogP contribution in [-0.2, 0) is 6.54 Å². The fourth-order valence-electron chi connectivity index (χ4n) is 1.98. The van der Waals surface area contributed by atoms with E-state index >= 15 is 0 Å². The van der Waals surface area contributed by atoms with E-state index in [0.29, 0.717) is 12.2 Å². The molecule has 0 aromatic heterocycles. The Morgan fingerprint density at radius 3 is 2.62 bits per heavy atom. The molecule has 0 aliphatic heterocycles. The number of hydrogen-bond donors (Lipinski definition) is 2. The lowest BCUT2D eigenvalue weighted by Crippen LogP contribution is -2.04.